The molecule has 130 valence electrons. The van der Waals surface area contributed by atoms with E-state index in [9.17, 15) is 10.1 Å². The number of nitrogens with zero attached hydrogens (tertiary/aromatic N) is 5. The summed E-state index contributed by atoms with van der Waals surface area (Å²) in [5, 5.41) is 12.4. The van der Waals surface area contributed by atoms with Gasteiger partial charge in [0, 0.05) is 19.2 Å². The highest BCUT2D eigenvalue weighted by molar-refractivity contribution is 5.75. The molecule has 1 saturated heterocycles. The first-order valence-corrected chi connectivity index (χ1v) is 8.09. The molecule has 0 bridgehead atoms. The molecule has 0 amide bonds. The highest BCUT2D eigenvalue weighted by Gasteiger charge is 2.16. The van der Waals surface area contributed by atoms with Crippen molar-refractivity contribution in [3.8, 4) is 6.07 Å². The molecule has 1 aliphatic heterocycles. The first kappa shape index (κ1) is 16.0. The Balaban J connectivity index is 1.64. The number of fused-ring (bicyclic) bond motifs is 1. The maximum Gasteiger partial charge on any atom is 0.248 e. The average Bonchev–Trinajstić information content (AvgIpc) is 2.69. The van der Waals surface area contributed by atoms with Crippen molar-refractivity contribution in [1.29, 1.82) is 5.26 Å². The minimum atomic E-state index is -0.201. The number of morpholine rings is 1. The Morgan fingerprint density at radius 3 is 2.88 bits per heavy atom. The third-order valence-corrected chi connectivity index (χ3v) is 4.05. The van der Waals surface area contributed by atoms with Crippen LogP contribution in [0.3, 0.4) is 0 Å². The van der Waals surface area contributed by atoms with Crippen molar-refractivity contribution >= 4 is 28.4 Å². The summed E-state index contributed by atoms with van der Waals surface area (Å²) in [6.07, 6.45) is 3.12. The second kappa shape index (κ2) is 6.78. The van der Waals surface area contributed by atoms with Crippen molar-refractivity contribution in [3.63, 3.8) is 0 Å². The molecule has 26 heavy (non-hydrogen) atoms. The fourth-order valence-electron chi connectivity index (χ4n) is 2.79. The summed E-state index contributed by atoms with van der Waals surface area (Å²) < 4.78 is 5.36. The molecule has 0 spiro atoms. The molecule has 9 heteroatoms. The van der Waals surface area contributed by atoms with Crippen LogP contribution in [-0.2, 0) is 4.74 Å². The van der Waals surface area contributed by atoms with Crippen LogP contribution >= 0.6 is 0 Å². The number of nitriles is 1. The van der Waals surface area contributed by atoms with Crippen molar-refractivity contribution < 1.29 is 4.74 Å². The first-order valence-electron chi connectivity index (χ1n) is 8.09. The van der Waals surface area contributed by atoms with Crippen LogP contribution in [-0.4, -0.2) is 46.2 Å². The molecule has 0 aromatic carbocycles. The Bertz CT molecular complexity index is 1050. The van der Waals surface area contributed by atoms with Crippen LogP contribution < -0.4 is 15.8 Å². The van der Waals surface area contributed by atoms with E-state index in [1.807, 2.05) is 6.07 Å². The Hall–Kier alpha value is -3.51. The largest absolute Gasteiger partial charge is 0.378 e. The van der Waals surface area contributed by atoms with Gasteiger partial charge in [0.25, 0.3) is 0 Å². The molecule has 9 nitrogen and oxygen atoms in total. The molecule has 1 fully saturated rings. The molecule has 3 aromatic heterocycles. The number of aromatic amines is 1. The van der Waals surface area contributed by atoms with Gasteiger partial charge in [-0.05, 0) is 12.1 Å². The SMILES string of the molecule is N#Cc1ncc(Nc2ncc3[nH]c(=O)ccc3n2)cc1N1CCOCC1. The van der Waals surface area contributed by atoms with Crippen LogP contribution in [0.5, 0.6) is 0 Å². The molecule has 1 aliphatic rings. The van der Waals surface area contributed by atoms with Gasteiger partial charge in [0.2, 0.25) is 11.5 Å². The molecule has 2 N–H and O–H groups in total. The second-order valence-corrected chi connectivity index (χ2v) is 5.74. The smallest absolute Gasteiger partial charge is 0.248 e. The van der Waals surface area contributed by atoms with Crippen LogP contribution in [0.15, 0.2) is 35.4 Å². The maximum absolute atomic E-state index is 11.3. The summed E-state index contributed by atoms with van der Waals surface area (Å²) in [7, 11) is 0. The number of anilines is 3. The molecule has 0 unspecified atom stereocenters. The number of rotatable bonds is 3. The zero-order valence-electron chi connectivity index (χ0n) is 13.8. The Labute approximate surface area is 148 Å². The predicted octanol–water partition coefficient (Wildman–Crippen LogP) is 1.16. The Morgan fingerprint density at radius 2 is 2.08 bits per heavy atom. The normalized spacial score (nSPS) is 14.2. The van der Waals surface area contributed by atoms with E-state index in [0.29, 0.717) is 54.7 Å². The fraction of sp³-hybridized carbons (Fsp3) is 0.235. The van der Waals surface area contributed by atoms with Crippen molar-refractivity contribution in [2.24, 2.45) is 0 Å². The lowest BCUT2D eigenvalue weighted by molar-refractivity contribution is 0.122. The van der Waals surface area contributed by atoms with Crippen molar-refractivity contribution in [1.82, 2.24) is 19.9 Å². The van der Waals surface area contributed by atoms with Gasteiger partial charge in [-0.15, -0.1) is 0 Å². The van der Waals surface area contributed by atoms with Crippen LogP contribution in [0.2, 0.25) is 0 Å². The summed E-state index contributed by atoms with van der Waals surface area (Å²) in [6, 6.07) is 7.04. The highest BCUT2D eigenvalue weighted by atomic mass is 16.5. The minimum Gasteiger partial charge on any atom is -0.378 e. The molecular formula is C17H15N7O2. The summed E-state index contributed by atoms with van der Waals surface area (Å²) >= 11 is 0. The van der Waals surface area contributed by atoms with Gasteiger partial charge >= 0.3 is 0 Å². The third-order valence-electron chi connectivity index (χ3n) is 4.05. The summed E-state index contributed by atoms with van der Waals surface area (Å²) in [5.74, 6) is 0.379. The molecule has 0 atom stereocenters. The van der Waals surface area contributed by atoms with E-state index in [1.54, 1.807) is 18.5 Å². The second-order valence-electron chi connectivity index (χ2n) is 5.74. The van der Waals surface area contributed by atoms with Gasteiger partial charge in [-0.1, -0.05) is 0 Å². The van der Waals surface area contributed by atoms with Crippen LogP contribution in [0.1, 0.15) is 5.69 Å². The molecule has 0 aliphatic carbocycles. The topological polar surface area (TPSA) is 120 Å². The van der Waals surface area contributed by atoms with E-state index in [4.69, 9.17) is 4.74 Å². The van der Waals surface area contributed by atoms with Crippen molar-refractivity contribution in [2.75, 3.05) is 36.5 Å². The van der Waals surface area contributed by atoms with Gasteiger partial charge < -0.3 is 19.9 Å². The van der Waals surface area contributed by atoms with Crippen LogP contribution in [0, 0.1) is 11.3 Å². The zero-order chi connectivity index (χ0) is 17.9. The van der Waals surface area contributed by atoms with Crippen LogP contribution in [0.25, 0.3) is 11.0 Å². The number of hydrogen-bond donors (Lipinski definition) is 2. The third kappa shape index (κ3) is 3.18. The van der Waals surface area contributed by atoms with E-state index in [2.05, 4.69) is 36.2 Å². The van der Waals surface area contributed by atoms with E-state index in [0.717, 1.165) is 5.69 Å². The van der Waals surface area contributed by atoms with Gasteiger partial charge in [0.05, 0.1) is 48.0 Å². The lowest BCUT2D eigenvalue weighted by Crippen LogP contribution is -2.36. The monoisotopic (exact) mass is 349 g/mol. The van der Waals surface area contributed by atoms with Gasteiger partial charge in [0.15, 0.2) is 5.69 Å². The van der Waals surface area contributed by atoms with E-state index < -0.39 is 0 Å². The van der Waals surface area contributed by atoms with Crippen LogP contribution in [0.4, 0.5) is 17.3 Å². The predicted molar refractivity (Wildman–Crippen MR) is 95.4 cm³/mol. The number of aromatic nitrogens is 4. The van der Waals surface area contributed by atoms with Crippen molar-refractivity contribution in [2.45, 2.75) is 0 Å². The van der Waals surface area contributed by atoms with E-state index >= 15 is 0 Å². The molecule has 0 saturated carbocycles. The van der Waals surface area contributed by atoms with Gasteiger partial charge in [0.1, 0.15) is 6.07 Å². The number of ether oxygens (including phenoxy) is 1. The summed E-state index contributed by atoms with van der Waals surface area (Å²) in [5.41, 5.74) is 2.79. The number of pyridine rings is 2. The lowest BCUT2D eigenvalue weighted by Gasteiger charge is -2.29. The number of H-pyrrole nitrogens is 1. The first-order chi connectivity index (χ1) is 12.7. The molecular weight excluding hydrogens is 334 g/mol. The van der Waals surface area contributed by atoms with Gasteiger partial charge in [-0.2, -0.15) is 5.26 Å². The van der Waals surface area contributed by atoms with E-state index in [1.165, 1.54) is 6.07 Å². The molecule has 3 aromatic rings. The standard InChI is InChI=1S/C17H15N7O2/c18-8-13-15(24-3-5-26-6-4-24)7-11(9-19-13)21-17-20-10-14-12(23-17)1-2-16(25)22-14/h1-2,7,9-10H,3-6H2,(H,22,25)(H,20,21,23). The Morgan fingerprint density at radius 1 is 1.23 bits per heavy atom. The number of nitrogens with one attached hydrogen (secondary N) is 2. The average molecular weight is 349 g/mol. The quantitative estimate of drug-likeness (QED) is 0.723. The zero-order valence-corrected chi connectivity index (χ0v) is 13.8. The summed E-state index contributed by atoms with van der Waals surface area (Å²) in [4.78, 5) is 28.9. The molecule has 4 rings (SSSR count). The number of hydrogen-bond acceptors (Lipinski definition) is 8. The summed E-state index contributed by atoms with van der Waals surface area (Å²) in [6.45, 7) is 2.66. The van der Waals surface area contributed by atoms with Crippen molar-refractivity contribution in [3.05, 3.63) is 46.6 Å². The Kier molecular flexibility index (Phi) is 4.17. The lowest BCUT2D eigenvalue weighted by atomic mass is 10.2. The van der Waals surface area contributed by atoms with Gasteiger partial charge in [-0.3, -0.25) is 4.79 Å². The van der Waals surface area contributed by atoms with E-state index in [-0.39, 0.29) is 5.56 Å². The fourth-order valence-corrected chi connectivity index (χ4v) is 2.79. The maximum atomic E-state index is 11.3. The molecule has 4 heterocycles. The minimum absolute atomic E-state index is 0.201. The van der Waals surface area contributed by atoms with Gasteiger partial charge in [-0.25, -0.2) is 15.0 Å². The highest BCUT2D eigenvalue weighted by Crippen LogP contribution is 2.24. The molecule has 0 radical (unpaired) electrons.